The van der Waals surface area contributed by atoms with Crippen molar-refractivity contribution >= 4 is 16.6 Å². The predicted molar refractivity (Wildman–Crippen MR) is 78.5 cm³/mol. The maximum atomic E-state index is 4.44. The molecule has 1 aromatic heterocycles. The van der Waals surface area contributed by atoms with E-state index in [1.54, 1.807) is 0 Å². The van der Waals surface area contributed by atoms with Crippen molar-refractivity contribution in [2.24, 2.45) is 5.92 Å². The molecule has 0 spiro atoms. The van der Waals surface area contributed by atoms with Crippen molar-refractivity contribution in [1.82, 2.24) is 15.5 Å². The number of rotatable bonds is 3. The van der Waals surface area contributed by atoms with Gasteiger partial charge in [-0.15, -0.1) is 5.10 Å². The third-order valence-corrected chi connectivity index (χ3v) is 3.93. The average Bonchev–Trinajstić information content (AvgIpc) is 2.88. The van der Waals surface area contributed by atoms with Crippen molar-refractivity contribution in [3.8, 4) is 0 Å². The van der Waals surface area contributed by atoms with Gasteiger partial charge in [0.1, 0.15) is 0 Å². The van der Waals surface area contributed by atoms with Gasteiger partial charge in [-0.1, -0.05) is 24.3 Å². The monoisotopic (exact) mass is 256 g/mol. The molecule has 0 saturated carbocycles. The molecule has 0 amide bonds. The molecule has 0 aliphatic carbocycles. The van der Waals surface area contributed by atoms with Gasteiger partial charge in [0.25, 0.3) is 0 Å². The lowest BCUT2D eigenvalue weighted by atomic mass is 10.1. The minimum atomic E-state index is 0.715. The van der Waals surface area contributed by atoms with Crippen LogP contribution in [0.2, 0.25) is 0 Å². The molecule has 0 radical (unpaired) electrons. The van der Waals surface area contributed by atoms with Crippen molar-refractivity contribution in [3.05, 3.63) is 30.0 Å². The molecule has 1 aromatic carbocycles. The van der Waals surface area contributed by atoms with E-state index in [4.69, 9.17) is 0 Å². The van der Waals surface area contributed by atoms with Crippen LogP contribution in [-0.4, -0.2) is 36.9 Å². The molecule has 1 aliphatic heterocycles. The van der Waals surface area contributed by atoms with E-state index in [2.05, 4.69) is 44.7 Å². The van der Waals surface area contributed by atoms with Gasteiger partial charge in [0.05, 0.1) is 5.69 Å². The van der Waals surface area contributed by atoms with Gasteiger partial charge in [-0.2, -0.15) is 5.10 Å². The lowest BCUT2D eigenvalue weighted by Gasteiger charge is -2.19. The fourth-order valence-electron chi connectivity index (χ4n) is 2.94. The number of aryl methyl sites for hydroxylation is 1. The van der Waals surface area contributed by atoms with Gasteiger partial charge in [-0.3, -0.25) is 0 Å². The molecule has 1 unspecified atom stereocenters. The van der Waals surface area contributed by atoms with E-state index in [-0.39, 0.29) is 0 Å². The third-order valence-electron chi connectivity index (χ3n) is 3.93. The van der Waals surface area contributed by atoms with E-state index in [1.807, 2.05) is 14.0 Å². The van der Waals surface area contributed by atoms with Crippen molar-refractivity contribution in [3.63, 3.8) is 0 Å². The summed E-state index contributed by atoms with van der Waals surface area (Å²) in [6, 6.07) is 8.42. The van der Waals surface area contributed by atoms with Crippen LogP contribution in [0, 0.1) is 12.8 Å². The first-order chi connectivity index (χ1) is 9.29. The van der Waals surface area contributed by atoms with Crippen LogP contribution in [0.25, 0.3) is 10.8 Å². The summed E-state index contributed by atoms with van der Waals surface area (Å²) in [5.74, 6) is 1.76. The van der Waals surface area contributed by atoms with E-state index >= 15 is 0 Å². The maximum absolute atomic E-state index is 4.44. The summed E-state index contributed by atoms with van der Waals surface area (Å²) in [5.41, 5.74) is 1.00. The van der Waals surface area contributed by atoms with Gasteiger partial charge >= 0.3 is 0 Å². The van der Waals surface area contributed by atoms with Gasteiger partial charge in [0.15, 0.2) is 5.82 Å². The number of hydrogen-bond donors (Lipinski definition) is 1. The van der Waals surface area contributed by atoms with E-state index < -0.39 is 0 Å². The molecule has 100 valence electrons. The smallest absolute Gasteiger partial charge is 0.159 e. The quantitative estimate of drug-likeness (QED) is 0.911. The molecule has 4 nitrogen and oxygen atoms in total. The number of anilines is 1. The number of aromatic nitrogens is 2. The van der Waals surface area contributed by atoms with Crippen LogP contribution in [-0.2, 0) is 0 Å². The summed E-state index contributed by atoms with van der Waals surface area (Å²) >= 11 is 0. The summed E-state index contributed by atoms with van der Waals surface area (Å²) < 4.78 is 0. The SMILES string of the molecule is CNCC1CCN(c2nnc(C)c3ccccc23)C1. The topological polar surface area (TPSA) is 41.0 Å². The van der Waals surface area contributed by atoms with E-state index in [0.29, 0.717) is 5.92 Å². The van der Waals surface area contributed by atoms with Crippen LogP contribution in [0.4, 0.5) is 5.82 Å². The number of nitrogens with zero attached hydrogens (tertiary/aromatic N) is 3. The highest BCUT2D eigenvalue weighted by molar-refractivity contribution is 5.93. The molecule has 2 heterocycles. The van der Waals surface area contributed by atoms with Crippen LogP contribution >= 0.6 is 0 Å². The molecule has 2 aromatic rings. The molecule has 0 bridgehead atoms. The Morgan fingerprint density at radius 3 is 2.84 bits per heavy atom. The first-order valence-corrected chi connectivity index (χ1v) is 6.91. The molecule has 3 rings (SSSR count). The van der Waals surface area contributed by atoms with Crippen molar-refractivity contribution in [2.45, 2.75) is 13.3 Å². The summed E-state index contributed by atoms with van der Waals surface area (Å²) in [7, 11) is 2.02. The Kier molecular flexibility index (Phi) is 3.34. The molecule has 1 fully saturated rings. The summed E-state index contributed by atoms with van der Waals surface area (Å²) in [6.45, 7) is 5.25. The van der Waals surface area contributed by atoms with Crippen LogP contribution in [0.3, 0.4) is 0 Å². The summed E-state index contributed by atoms with van der Waals surface area (Å²) in [6.07, 6.45) is 1.23. The molecular weight excluding hydrogens is 236 g/mol. The number of fused-ring (bicyclic) bond motifs is 1. The van der Waals surface area contributed by atoms with E-state index in [9.17, 15) is 0 Å². The van der Waals surface area contributed by atoms with Crippen molar-refractivity contribution < 1.29 is 0 Å². The van der Waals surface area contributed by atoms with Gasteiger partial charge < -0.3 is 10.2 Å². The second-order valence-corrected chi connectivity index (χ2v) is 5.31. The standard InChI is InChI=1S/C15H20N4/c1-11-13-5-3-4-6-14(13)15(18-17-11)19-8-7-12(10-19)9-16-2/h3-6,12,16H,7-10H2,1-2H3. The molecule has 19 heavy (non-hydrogen) atoms. The second kappa shape index (κ2) is 5.13. The largest absolute Gasteiger partial charge is 0.354 e. The molecular formula is C15H20N4. The van der Waals surface area contributed by atoms with Crippen molar-refractivity contribution in [1.29, 1.82) is 0 Å². The number of benzene rings is 1. The average molecular weight is 256 g/mol. The fraction of sp³-hybridized carbons (Fsp3) is 0.467. The normalized spacial score (nSPS) is 19.3. The summed E-state index contributed by atoms with van der Waals surface area (Å²) in [5, 5.41) is 14.5. The van der Waals surface area contributed by atoms with Crippen LogP contribution in [0.5, 0.6) is 0 Å². The van der Waals surface area contributed by atoms with Gasteiger partial charge in [0.2, 0.25) is 0 Å². The van der Waals surface area contributed by atoms with Gasteiger partial charge in [0, 0.05) is 23.9 Å². The Labute approximate surface area is 113 Å². The number of hydrogen-bond acceptors (Lipinski definition) is 4. The Bertz CT molecular complexity index is 581. The van der Waals surface area contributed by atoms with Crippen LogP contribution < -0.4 is 10.2 Å². The van der Waals surface area contributed by atoms with Gasteiger partial charge in [-0.05, 0) is 32.9 Å². The molecule has 1 aliphatic rings. The maximum Gasteiger partial charge on any atom is 0.159 e. The Morgan fingerprint density at radius 2 is 2.05 bits per heavy atom. The second-order valence-electron chi connectivity index (χ2n) is 5.31. The number of nitrogens with one attached hydrogen (secondary N) is 1. The molecule has 1 saturated heterocycles. The van der Waals surface area contributed by atoms with Gasteiger partial charge in [-0.25, -0.2) is 0 Å². The van der Waals surface area contributed by atoms with Crippen LogP contribution in [0.1, 0.15) is 12.1 Å². The Morgan fingerprint density at radius 1 is 1.26 bits per heavy atom. The minimum Gasteiger partial charge on any atom is -0.354 e. The molecule has 4 heteroatoms. The zero-order chi connectivity index (χ0) is 13.2. The highest BCUT2D eigenvalue weighted by Crippen LogP contribution is 2.29. The lowest BCUT2D eigenvalue weighted by Crippen LogP contribution is -2.25. The van der Waals surface area contributed by atoms with E-state index in [1.165, 1.54) is 17.2 Å². The fourth-order valence-corrected chi connectivity index (χ4v) is 2.94. The first kappa shape index (κ1) is 12.4. The van der Waals surface area contributed by atoms with E-state index in [0.717, 1.165) is 31.1 Å². The highest BCUT2D eigenvalue weighted by atomic mass is 15.3. The molecule has 1 N–H and O–H groups in total. The van der Waals surface area contributed by atoms with Crippen LogP contribution in [0.15, 0.2) is 24.3 Å². The third kappa shape index (κ3) is 2.28. The van der Waals surface area contributed by atoms with Crippen molar-refractivity contribution in [2.75, 3.05) is 31.6 Å². The first-order valence-electron chi connectivity index (χ1n) is 6.91. The Hall–Kier alpha value is -1.68. The zero-order valence-electron chi connectivity index (χ0n) is 11.6. The lowest BCUT2D eigenvalue weighted by molar-refractivity contribution is 0.549. The molecule has 1 atom stereocenters. The zero-order valence-corrected chi connectivity index (χ0v) is 11.6. The summed E-state index contributed by atoms with van der Waals surface area (Å²) in [4.78, 5) is 2.37. The highest BCUT2D eigenvalue weighted by Gasteiger charge is 2.24. The minimum absolute atomic E-state index is 0.715. The predicted octanol–water partition coefficient (Wildman–Crippen LogP) is 1.98. The Balaban J connectivity index is 1.96.